The van der Waals surface area contributed by atoms with Crippen molar-refractivity contribution in [1.29, 1.82) is 0 Å². The molecule has 1 unspecified atom stereocenters. The Hall–Kier alpha value is -1.40. The van der Waals surface area contributed by atoms with Crippen molar-refractivity contribution < 1.29 is 14.7 Å². The molecule has 5 nitrogen and oxygen atoms in total. The lowest BCUT2D eigenvalue weighted by atomic mass is 10.2. The maximum Gasteiger partial charge on any atom is 0.335 e. The third kappa shape index (κ3) is 3.58. The van der Waals surface area contributed by atoms with E-state index in [1.54, 1.807) is 4.90 Å². The SMILES string of the molecule is CC1CSCCN1C(=O)Nc1cc(Cl)cc(C(=O)O)c1. The predicted molar refractivity (Wildman–Crippen MR) is 80.9 cm³/mol. The van der Waals surface area contributed by atoms with Gasteiger partial charge in [-0.05, 0) is 25.1 Å². The van der Waals surface area contributed by atoms with Crippen LogP contribution in [0.3, 0.4) is 0 Å². The fraction of sp³-hybridized carbons (Fsp3) is 0.385. The molecule has 1 aliphatic heterocycles. The number of aromatic carboxylic acids is 1. The van der Waals surface area contributed by atoms with Gasteiger partial charge in [-0.3, -0.25) is 0 Å². The summed E-state index contributed by atoms with van der Waals surface area (Å²) in [6.07, 6.45) is 0. The summed E-state index contributed by atoms with van der Waals surface area (Å²) < 4.78 is 0. The van der Waals surface area contributed by atoms with Crippen LogP contribution in [0.25, 0.3) is 0 Å². The van der Waals surface area contributed by atoms with Gasteiger partial charge in [0.2, 0.25) is 0 Å². The molecular formula is C13H15ClN2O3S. The van der Waals surface area contributed by atoms with E-state index in [1.807, 2.05) is 18.7 Å². The molecule has 1 atom stereocenters. The van der Waals surface area contributed by atoms with Crippen LogP contribution in [0, 0.1) is 0 Å². The van der Waals surface area contributed by atoms with Crippen molar-refractivity contribution in [3.05, 3.63) is 28.8 Å². The van der Waals surface area contributed by atoms with Gasteiger partial charge in [0, 0.05) is 34.8 Å². The molecule has 0 aromatic heterocycles. The number of carboxylic acids is 1. The Morgan fingerprint density at radius 2 is 2.20 bits per heavy atom. The standard InChI is InChI=1S/C13H15ClN2O3S/c1-8-7-20-3-2-16(8)13(19)15-11-5-9(12(17)18)4-10(14)6-11/h4-6,8H,2-3,7H2,1H3,(H,15,19)(H,17,18). The number of hydrogen-bond donors (Lipinski definition) is 2. The normalized spacial score (nSPS) is 18.7. The lowest BCUT2D eigenvalue weighted by Crippen LogP contribution is -2.46. The zero-order valence-corrected chi connectivity index (χ0v) is 12.5. The second-order valence-electron chi connectivity index (χ2n) is 4.58. The second kappa shape index (κ2) is 6.37. The van der Waals surface area contributed by atoms with Crippen LogP contribution in [-0.2, 0) is 0 Å². The molecule has 1 aromatic rings. The molecule has 2 amide bonds. The number of hydrogen-bond acceptors (Lipinski definition) is 3. The molecule has 108 valence electrons. The van der Waals surface area contributed by atoms with E-state index in [1.165, 1.54) is 18.2 Å². The number of carboxylic acid groups (broad SMARTS) is 1. The Morgan fingerprint density at radius 3 is 2.85 bits per heavy atom. The van der Waals surface area contributed by atoms with Crippen LogP contribution in [0.1, 0.15) is 17.3 Å². The first-order valence-corrected chi connectivity index (χ1v) is 7.70. The molecule has 20 heavy (non-hydrogen) atoms. The lowest BCUT2D eigenvalue weighted by molar-refractivity contribution is 0.0697. The van der Waals surface area contributed by atoms with Crippen LogP contribution in [0.2, 0.25) is 5.02 Å². The molecule has 2 rings (SSSR count). The number of rotatable bonds is 2. The summed E-state index contributed by atoms with van der Waals surface area (Å²) >= 11 is 7.68. The molecule has 0 aliphatic carbocycles. The quantitative estimate of drug-likeness (QED) is 0.880. The molecule has 2 N–H and O–H groups in total. The minimum absolute atomic E-state index is 0.0510. The highest BCUT2D eigenvalue weighted by atomic mass is 35.5. The molecule has 0 radical (unpaired) electrons. The molecule has 0 saturated carbocycles. The minimum atomic E-state index is -1.08. The van der Waals surface area contributed by atoms with Crippen molar-refractivity contribution in [2.24, 2.45) is 0 Å². The number of benzene rings is 1. The van der Waals surface area contributed by atoms with E-state index in [4.69, 9.17) is 16.7 Å². The van der Waals surface area contributed by atoms with Gasteiger partial charge in [0.15, 0.2) is 0 Å². The molecule has 1 heterocycles. The van der Waals surface area contributed by atoms with E-state index in [-0.39, 0.29) is 22.7 Å². The summed E-state index contributed by atoms with van der Waals surface area (Å²) in [5.41, 5.74) is 0.445. The topological polar surface area (TPSA) is 69.6 Å². The van der Waals surface area contributed by atoms with Gasteiger partial charge in [0.05, 0.1) is 5.56 Å². The van der Waals surface area contributed by atoms with Crippen molar-refractivity contribution in [2.75, 3.05) is 23.4 Å². The zero-order valence-electron chi connectivity index (χ0n) is 10.9. The highest BCUT2D eigenvalue weighted by Gasteiger charge is 2.23. The fourth-order valence-corrected chi connectivity index (χ4v) is 3.26. The monoisotopic (exact) mass is 314 g/mol. The van der Waals surface area contributed by atoms with Gasteiger partial charge in [-0.25, -0.2) is 9.59 Å². The molecular weight excluding hydrogens is 300 g/mol. The van der Waals surface area contributed by atoms with Crippen molar-refractivity contribution in [3.8, 4) is 0 Å². The Labute approximate surface area is 126 Å². The van der Waals surface area contributed by atoms with Gasteiger partial charge < -0.3 is 15.3 Å². The summed E-state index contributed by atoms with van der Waals surface area (Å²) in [4.78, 5) is 24.9. The van der Waals surface area contributed by atoms with Gasteiger partial charge >= 0.3 is 12.0 Å². The number of nitrogens with one attached hydrogen (secondary N) is 1. The van der Waals surface area contributed by atoms with Gasteiger partial charge in [0.25, 0.3) is 0 Å². The van der Waals surface area contributed by atoms with Gasteiger partial charge in [0.1, 0.15) is 0 Å². The van der Waals surface area contributed by atoms with E-state index < -0.39 is 5.97 Å². The Balaban J connectivity index is 2.13. The van der Waals surface area contributed by atoms with Gasteiger partial charge in [-0.2, -0.15) is 11.8 Å². The van der Waals surface area contributed by atoms with E-state index in [0.29, 0.717) is 12.2 Å². The molecule has 1 fully saturated rings. The highest BCUT2D eigenvalue weighted by Crippen LogP contribution is 2.21. The van der Waals surface area contributed by atoms with Crippen LogP contribution >= 0.6 is 23.4 Å². The largest absolute Gasteiger partial charge is 0.478 e. The Morgan fingerprint density at radius 1 is 1.45 bits per heavy atom. The van der Waals surface area contributed by atoms with Crippen molar-refractivity contribution in [2.45, 2.75) is 13.0 Å². The summed E-state index contributed by atoms with van der Waals surface area (Å²) in [6, 6.07) is 4.22. The first-order valence-electron chi connectivity index (χ1n) is 6.16. The fourth-order valence-electron chi connectivity index (χ4n) is 2.01. The average molecular weight is 315 g/mol. The molecule has 1 aliphatic rings. The number of halogens is 1. The van der Waals surface area contributed by atoms with Crippen molar-refractivity contribution in [1.82, 2.24) is 4.90 Å². The Kier molecular flexibility index (Phi) is 4.77. The maximum atomic E-state index is 12.2. The first kappa shape index (κ1) is 15.0. The summed E-state index contributed by atoms with van der Waals surface area (Å²) in [6.45, 7) is 2.68. The first-order chi connectivity index (χ1) is 9.47. The average Bonchev–Trinajstić information content (AvgIpc) is 2.38. The third-order valence-electron chi connectivity index (χ3n) is 3.02. The van der Waals surface area contributed by atoms with Crippen LogP contribution < -0.4 is 5.32 Å². The maximum absolute atomic E-state index is 12.2. The number of carbonyl (C=O) groups is 2. The van der Waals surface area contributed by atoms with Gasteiger partial charge in [-0.15, -0.1) is 0 Å². The number of thioether (sulfide) groups is 1. The summed E-state index contributed by atoms with van der Waals surface area (Å²) in [5, 5.41) is 12.0. The molecule has 1 saturated heterocycles. The number of amides is 2. The number of urea groups is 1. The predicted octanol–water partition coefficient (Wildman–Crippen LogP) is 3.01. The summed E-state index contributed by atoms with van der Waals surface area (Å²) in [5.74, 6) is 0.738. The lowest BCUT2D eigenvalue weighted by Gasteiger charge is -2.33. The van der Waals surface area contributed by atoms with E-state index >= 15 is 0 Å². The van der Waals surface area contributed by atoms with Crippen molar-refractivity contribution in [3.63, 3.8) is 0 Å². The second-order valence-corrected chi connectivity index (χ2v) is 6.17. The molecule has 0 bridgehead atoms. The highest BCUT2D eigenvalue weighted by molar-refractivity contribution is 7.99. The summed E-state index contributed by atoms with van der Waals surface area (Å²) in [7, 11) is 0. The molecule has 0 spiro atoms. The molecule has 1 aromatic carbocycles. The number of carbonyl (C=O) groups excluding carboxylic acids is 1. The minimum Gasteiger partial charge on any atom is -0.478 e. The van der Waals surface area contributed by atoms with Crippen LogP contribution in [0.4, 0.5) is 10.5 Å². The third-order valence-corrected chi connectivity index (χ3v) is 4.43. The zero-order chi connectivity index (χ0) is 14.7. The number of anilines is 1. The van der Waals surface area contributed by atoms with Crippen LogP contribution in [-0.4, -0.2) is 46.1 Å². The smallest absolute Gasteiger partial charge is 0.335 e. The Bertz CT molecular complexity index is 538. The van der Waals surface area contributed by atoms with Crippen LogP contribution in [0.15, 0.2) is 18.2 Å². The van der Waals surface area contributed by atoms with E-state index in [2.05, 4.69) is 5.32 Å². The molecule has 7 heteroatoms. The van der Waals surface area contributed by atoms with E-state index in [0.717, 1.165) is 11.5 Å². The van der Waals surface area contributed by atoms with E-state index in [9.17, 15) is 9.59 Å². The number of nitrogens with zero attached hydrogens (tertiary/aromatic N) is 1. The van der Waals surface area contributed by atoms with Crippen LogP contribution in [0.5, 0.6) is 0 Å². The van der Waals surface area contributed by atoms with Gasteiger partial charge in [-0.1, -0.05) is 11.6 Å². The van der Waals surface area contributed by atoms with Crippen molar-refractivity contribution >= 4 is 41.1 Å².